The molecule has 28 heavy (non-hydrogen) atoms. The van der Waals surface area contributed by atoms with Gasteiger partial charge in [-0.05, 0) is 61.0 Å². The van der Waals surface area contributed by atoms with Crippen molar-refractivity contribution in [3.63, 3.8) is 0 Å². The van der Waals surface area contributed by atoms with Crippen LogP contribution in [0.5, 0.6) is 5.75 Å². The first-order valence-electron chi connectivity index (χ1n) is 9.44. The molecule has 1 saturated heterocycles. The Morgan fingerprint density at radius 1 is 1.29 bits per heavy atom. The van der Waals surface area contributed by atoms with E-state index in [2.05, 4.69) is 50.4 Å². The summed E-state index contributed by atoms with van der Waals surface area (Å²) in [4.78, 5) is 13.9. The number of rotatable bonds is 3. The lowest BCUT2D eigenvalue weighted by Crippen LogP contribution is -2.65. The van der Waals surface area contributed by atoms with Crippen LogP contribution in [0.3, 0.4) is 0 Å². The molecule has 2 bridgehead atoms. The van der Waals surface area contributed by atoms with Crippen molar-refractivity contribution in [3.8, 4) is 5.75 Å². The first-order valence-corrected chi connectivity index (χ1v) is 9.85. The number of anilines is 1. The third-order valence-corrected chi connectivity index (χ3v) is 5.81. The highest BCUT2D eigenvalue weighted by atomic mass is 32.1. The zero-order chi connectivity index (χ0) is 20.1. The lowest BCUT2D eigenvalue weighted by molar-refractivity contribution is 0.0494. The molecular formula is C22H24N2O3S. The molecule has 2 aromatic carbocycles. The van der Waals surface area contributed by atoms with Crippen LogP contribution in [0.1, 0.15) is 60.6 Å². The molecule has 0 aliphatic carbocycles. The molecule has 2 atom stereocenters. The van der Waals surface area contributed by atoms with Crippen molar-refractivity contribution >= 4 is 29.0 Å². The summed E-state index contributed by atoms with van der Waals surface area (Å²) in [5, 5.41) is 4.04. The third kappa shape index (κ3) is 3.02. The molecule has 1 N–H and O–H groups in total. The maximum absolute atomic E-state index is 11.9. The number of nitrogens with zero attached hydrogens (tertiary/aromatic N) is 1. The van der Waals surface area contributed by atoms with Crippen molar-refractivity contribution in [3.05, 3.63) is 59.2 Å². The van der Waals surface area contributed by atoms with E-state index in [0.29, 0.717) is 23.0 Å². The minimum Gasteiger partial charge on any atom is -0.467 e. The second kappa shape index (κ2) is 6.78. The fourth-order valence-electron chi connectivity index (χ4n) is 4.02. The predicted molar refractivity (Wildman–Crippen MR) is 113 cm³/mol. The average molecular weight is 397 g/mol. The first kappa shape index (κ1) is 18.7. The molecule has 2 aliphatic heterocycles. The highest BCUT2D eigenvalue weighted by Crippen LogP contribution is 2.46. The van der Waals surface area contributed by atoms with Gasteiger partial charge in [0.2, 0.25) is 0 Å². The molecule has 0 unspecified atom stereocenters. The molecule has 0 radical (unpaired) electrons. The molecule has 2 aliphatic rings. The molecule has 0 amide bonds. The molecule has 2 heterocycles. The first-order chi connectivity index (χ1) is 13.3. The molecule has 6 heteroatoms. The molecule has 0 spiro atoms. The fraction of sp³-hybridized carbons (Fsp3) is 0.364. The molecule has 1 fully saturated rings. The van der Waals surface area contributed by atoms with Gasteiger partial charge in [-0.3, -0.25) is 4.90 Å². The van der Waals surface area contributed by atoms with Crippen molar-refractivity contribution in [2.75, 3.05) is 12.0 Å². The van der Waals surface area contributed by atoms with Gasteiger partial charge in [0.25, 0.3) is 0 Å². The van der Waals surface area contributed by atoms with E-state index in [4.69, 9.17) is 21.7 Å². The SMILES string of the molecule is COC(=O)c1ccc2c(c1)[C@H]1C[C@@](C)(O2)N(c2ccc(C(C)C)cc2)C(=S)N1. The summed E-state index contributed by atoms with van der Waals surface area (Å²) < 4.78 is 11.3. The number of nitrogens with one attached hydrogen (secondary N) is 1. The van der Waals surface area contributed by atoms with Crippen molar-refractivity contribution in [1.29, 1.82) is 0 Å². The number of thiocarbonyl (C=S) groups is 1. The largest absolute Gasteiger partial charge is 0.467 e. The van der Waals surface area contributed by atoms with Crippen LogP contribution in [0.4, 0.5) is 5.69 Å². The summed E-state index contributed by atoms with van der Waals surface area (Å²) in [6.07, 6.45) is 0.705. The van der Waals surface area contributed by atoms with Gasteiger partial charge in [0, 0.05) is 17.7 Å². The highest BCUT2D eigenvalue weighted by molar-refractivity contribution is 7.80. The van der Waals surface area contributed by atoms with Crippen LogP contribution in [0.15, 0.2) is 42.5 Å². The van der Waals surface area contributed by atoms with Gasteiger partial charge in [-0.2, -0.15) is 0 Å². The van der Waals surface area contributed by atoms with Gasteiger partial charge in [-0.15, -0.1) is 0 Å². The zero-order valence-corrected chi connectivity index (χ0v) is 17.3. The number of methoxy groups -OCH3 is 1. The van der Waals surface area contributed by atoms with E-state index in [0.717, 1.165) is 17.0 Å². The summed E-state index contributed by atoms with van der Waals surface area (Å²) in [5.74, 6) is 0.869. The smallest absolute Gasteiger partial charge is 0.337 e. The van der Waals surface area contributed by atoms with Crippen molar-refractivity contribution in [1.82, 2.24) is 5.32 Å². The number of carbonyl (C=O) groups is 1. The Hall–Kier alpha value is -2.60. The number of esters is 1. The minimum atomic E-state index is -0.605. The summed E-state index contributed by atoms with van der Waals surface area (Å²) >= 11 is 5.70. The van der Waals surface area contributed by atoms with E-state index in [9.17, 15) is 4.79 Å². The van der Waals surface area contributed by atoms with Gasteiger partial charge in [0.1, 0.15) is 5.75 Å². The Morgan fingerprint density at radius 2 is 2.00 bits per heavy atom. The number of hydrogen-bond acceptors (Lipinski definition) is 4. The second-order valence-corrected chi connectivity index (χ2v) is 8.20. The van der Waals surface area contributed by atoms with Gasteiger partial charge in [-0.25, -0.2) is 4.79 Å². The average Bonchev–Trinajstić information content (AvgIpc) is 2.66. The van der Waals surface area contributed by atoms with Crippen LogP contribution in [-0.2, 0) is 4.74 Å². The summed E-state index contributed by atoms with van der Waals surface area (Å²) in [7, 11) is 1.38. The molecule has 0 aromatic heterocycles. The maximum Gasteiger partial charge on any atom is 0.337 e. The Balaban J connectivity index is 1.70. The van der Waals surface area contributed by atoms with Gasteiger partial charge >= 0.3 is 5.97 Å². The topological polar surface area (TPSA) is 50.8 Å². The van der Waals surface area contributed by atoms with Crippen LogP contribution in [0.2, 0.25) is 0 Å². The second-order valence-electron chi connectivity index (χ2n) is 7.81. The van der Waals surface area contributed by atoms with Crippen LogP contribution in [-0.4, -0.2) is 23.9 Å². The normalized spacial score (nSPS) is 23.0. The molecule has 2 aromatic rings. The Morgan fingerprint density at radius 3 is 2.64 bits per heavy atom. The number of hydrogen-bond donors (Lipinski definition) is 1. The standard InChI is InChI=1S/C22H24N2O3S/c1-13(2)14-5-8-16(9-6-14)24-21(28)23-18-12-22(24,3)27-19-10-7-15(11-17(18)19)20(25)26-4/h5-11,13,18H,12H2,1-4H3,(H,23,28)/t18-,22-/m1/s1. The van der Waals surface area contributed by atoms with Gasteiger partial charge in [-0.1, -0.05) is 26.0 Å². The van der Waals surface area contributed by atoms with Gasteiger partial charge in [0.15, 0.2) is 10.8 Å². The van der Waals surface area contributed by atoms with Gasteiger partial charge < -0.3 is 14.8 Å². The van der Waals surface area contributed by atoms with Gasteiger partial charge in [0.05, 0.1) is 18.7 Å². The van der Waals surface area contributed by atoms with Crippen molar-refractivity contribution in [2.24, 2.45) is 0 Å². The monoisotopic (exact) mass is 396 g/mol. The number of benzene rings is 2. The fourth-order valence-corrected chi connectivity index (χ4v) is 4.46. The van der Waals surface area contributed by atoms with Crippen molar-refractivity contribution < 1.29 is 14.3 Å². The highest BCUT2D eigenvalue weighted by Gasteiger charge is 2.48. The minimum absolute atomic E-state index is 0.0166. The lowest BCUT2D eigenvalue weighted by atomic mass is 9.89. The van der Waals surface area contributed by atoms with E-state index >= 15 is 0 Å². The summed E-state index contributed by atoms with van der Waals surface area (Å²) in [6, 6.07) is 13.8. The number of ether oxygens (including phenoxy) is 2. The number of fused-ring (bicyclic) bond motifs is 4. The van der Waals surface area contributed by atoms with Crippen LogP contribution in [0.25, 0.3) is 0 Å². The zero-order valence-electron chi connectivity index (χ0n) is 16.5. The number of carbonyl (C=O) groups excluding carboxylic acids is 1. The lowest BCUT2D eigenvalue weighted by Gasteiger charge is -2.52. The quantitative estimate of drug-likeness (QED) is 0.608. The van der Waals surface area contributed by atoms with E-state index in [1.54, 1.807) is 6.07 Å². The molecule has 146 valence electrons. The van der Waals surface area contributed by atoms with E-state index in [-0.39, 0.29) is 12.0 Å². The Kier molecular flexibility index (Phi) is 4.54. The summed E-state index contributed by atoms with van der Waals surface area (Å²) in [6.45, 7) is 6.41. The summed E-state index contributed by atoms with van der Waals surface area (Å²) in [5.41, 5.74) is 3.11. The molecular weight excluding hydrogens is 372 g/mol. The third-order valence-electron chi connectivity index (χ3n) is 5.51. The van der Waals surface area contributed by atoms with E-state index in [1.165, 1.54) is 12.7 Å². The Labute approximate surface area is 170 Å². The van der Waals surface area contributed by atoms with E-state index in [1.807, 2.05) is 17.0 Å². The Bertz CT molecular complexity index is 941. The van der Waals surface area contributed by atoms with Crippen LogP contribution in [0, 0.1) is 0 Å². The van der Waals surface area contributed by atoms with Crippen LogP contribution >= 0.6 is 12.2 Å². The molecule has 4 rings (SSSR count). The molecule has 5 nitrogen and oxygen atoms in total. The predicted octanol–water partition coefficient (Wildman–Crippen LogP) is 4.53. The van der Waals surface area contributed by atoms with E-state index < -0.39 is 5.72 Å². The molecule has 0 saturated carbocycles. The maximum atomic E-state index is 11.9. The van der Waals surface area contributed by atoms with Crippen LogP contribution < -0.4 is 15.0 Å². The van der Waals surface area contributed by atoms with Crippen molar-refractivity contribution in [2.45, 2.75) is 44.9 Å².